The summed E-state index contributed by atoms with van der Waals surface area (Å²) in [5.41, 5.74) is 3.20. The summed E-state index contributed by atoms with van der Waals surface area (Å²) < 4.78 is 59.4. The van der Waals surface area contributed by atoms with Crippen LogP contribution in [-0.2, 0) is 28.3 Å². The van der Waals surface area contributed by atoms with Gasteiger partial charge in [0, 0.05) is 44.5 Å². The number of imide groups is 1. The van der Waals surface area contributed by atoms with Gasteiger partial charge < -0.3 is 15.0 Å². The minimum Gasteiger partial charge on any atom is -0.432 e. The second-order valence-electron chi connectivity index (χ2n) is 13.8. The van der Waals surface area contributed by atoms with Crippen molar-refractivity contribution in [2.24, 2.45) is 7.05 Å². The minimum absolute atomic E-state index is 0.0529. The van der Waals surface area contributed by atoms with Gasteiger partial charge in [-0.2, -0.15) is 18.2 Å². The van der Waals surface area contributed by atoms with Crippen molar-refractivity contribution in [2.75, 3.05) is 49.5 Å². The van der Waals surface area contributed by atoms with Crippen LogP contribution >= 0.6 is 0 Å². The molecule has 0 radical (unpaired) electrons. The maximum atomic E-state index is 13.6. The van der Waals surface area contributed by atoms with Crippen molar-refractivity contribution in [1.29, 1.82) is 0 Å². The number of nitrogens with zero attached hydrogens (tertiary/aromatic N) is 7. The lowest BCUT2D eigenvalue weighted by Gasteiger charge is -2.32. The Hall–Kier alpha value is -4.74. The van der Waals surface area contributed by atoms with Crippen molar-refractivity contribution in [3.8, 4) is 5.75 Å². The topological polar surface area (TPSA) is 155 Å². The Labute approximate surface area is 306 Å². The number of likely N-dealkylation sites (tertiary alicyclic amines) is 1. The van der Waals surface area contributed by atoms with Crippen molar-refractivity contribution in [2.45, 2.75) is 68.4 Å². The van der Waals surface area contributed by atoms with Gasteiger partial charge in [0.2, 0.25) is 21.9 Å². The molecular weight excluding hydrogens is 709 g/mol. The molecule has 17 heteroatoms. The van der Waals surface area contributed by atoms with Gasteiger partial charge in [-0.1, -0.05) is 18.2 Å². The van der Waals surface area contributed by atoms with E-state index in [9.17, 15) is 26.8 Å². The van der Waals surface area contributed by atoms with E-state index in [2.05, 4.69) is 47.5 Å². The quantitative estimate of drug-likeness (QED) is 0.212. The highest BCUT2D eigenvalue weighted by Crippen LogP contribution is 2.34. The van der Waals surface area contributed by atoms with E-state index in [0.29, 0.717) is 49.1 Å². The summed E-state index contributed by atoms with van der Waals surface area (Å²) in [7, 11) is -1.79. The second-order valence-corrected chi connectivity index (χ2v) is 15.7. The number of aryl methyl sites for hydroxylation is 2. The third kappa shape index (κ3) is 8.41. The molecule has 53 heavy (non-hydrogen) atoms. The molecule has 3 aliphatic heterocycles. The molecule has 2 aromatic carbocycles. The summed E-state index contributed by atoms with van der Waals surface area (Å²) in [5.74, 6) is 0.856. The number of fused-ring (bicyclic) bond motifs is 1. The minimum atomic E-state index is -3.66. The first-order valence-electron chi connectivity index (χ1n) is 18.0. The first-order chi connectivity index (χ1) is 25.5. The number of nitrogens with one attached hydrogen (secondary N) is 2. The Balaban J connectivity index is 0.869. The number of anilines is 2. The van der Waals surface area contributed by atoms with E-state index in [1.165, 1.54) is 27.2 Å². The molecule has 7 rings (SSSR count). The Kier molecular flexibility index (Phi) is 10.8. The van der Waals surface area contributed by atoms with Gasteiger partial charge in [0.15, 0.2) is 11.6 Å². The summed E-state index contributed by atoms with van der Waals surface area (Å²) in [6, 6.07) is 13.1. The van der Waals surface area contributed by atoms with Crippen LogP contribution in [0.2, 0.25) is 0 Å². The Morgan fingerprint density at radius 1 is 0.981 bits per heavy atom. The third-order valence-corrected chi connectivity index (χ3v) is 12.2. The van der Waals surface area contributed by atoms with Gasteiger partial charge in [-0.3, -0.25) is 19.7 Å². The Morgan fingerprint density at radius 3 is 2.45 bits per heavy atom. The third-order valence-electron chi connectivity index (χ3n) is 10.3. The van der Waals surface area contributed by atoms with E-state index >= 15 is 0 Å². The van der Waals surface area contributed by atoms with Crippen LogP contribution in [0.4, 0.5) is 25.3 Å². The number of benzene rings is 2. The van der Waals surface area contributed by atoms with Crippen LogP contribution in [0, 0.1) is 0 Å². The molecule has 3 fully saturated rings. The van der Waals surface area contributed by atoms with Gasteiger partial charge in [-0.05, 0) is 99.5 Å². The van der Waals surface area contributed by atoms with Gasteiger partial charge in [-0.25, -0.2) is 23.2 Å². The highest BCUT2D eigenvalue weighted by Gasteiger charge is 2.31. The molecule has 2 aromatic heterocycles. The largest absolute Gasteiger partial charge is 0.432 e. The molecule has 3 amide bonds. The van der Waals surface area contributed by atoms with Crippen LogP contribution in [0.1, 0.15) is 55.6 Å². The Morgan fingerprint density at radius 2 is 1.74 bits per heavy atom. The summed E-state index contributed by atoms with van der Waals surface area (Å²) in [4.78, 5) is 36.4. The molecule has 5 heterocycles. The number of urea groups is 1. The van der Waals surface area contributed by atoms with E-state index < -0.39 is 22.7 Å². The molecule has 282 valence electrons. The monoisotopic (exact) mass is 751 g/mol. The number of hydrogen-bond acceptors (Lipinski definition) is 10. The van der Waals surface area contributed by atoms with Gasteiger partial charge in [0.1, 0.15) is 0 Å². The highest BCUT2D eigenvalue weighted by molar-refractivity contribution is 7.89. The van der Waals surface area contributed by atoms with Crippen molar-refractivity contribution in [3.63, 3.8) is 0 Å². The van der Waals surface area contributed by atoms with Gasteiger partial charge in [-0.15, -0.1) is 0 Å². The number of carbonyl (C=O) groups is 2. The van der Waals surface area contributed by atoms with Crippen LogP contribution in [0.15, 0.2) is 59.8 Å². The number of alkyl halides is 2. The van der Waals surface area contributed by atoms with E-state index in [4.69, 9.17) is 0 Å². The summed E-state index contributed by atoms with van der Waals surface area (Å²) in [6.07, 6.45) is 7.45. The molecule has 4 aromatic rings. The van der Waals surface area contributed by atoms with Crippen molar-refractivity contribution >= 4 is 44.6 Å². The summed E-state index contributed by atoms with van der Waals surface area (Å²) >= 11 is 0. The van der Waals surface area contributed by atoms with Crippen LogP contribution in [0.3, 0.4) is 0 Å². The first kappa shape index (κ1) is 36.6. The molecule has 3 saturated heterocycles. The van der Waals surface area contributed by atoms with Gasteiger partial charge in [0.05, 0.1) is 22.8 Å². The number of carbonyl (C=O) groups excluding carboxylic acids is 2. The van der Waals surface area contributed by atoms with E-state index in [1.807, 2.05) is 25.2 Å². The van der Waals surface area contributed by atoms with Crippen LogP contribution in [0.25, 0.3) is 10.9 Å². The van der Waals surface area contributed by atoms with Gasteiger partial charge in [0.25, 0.3) is 0 Å². The highest BCUT2D eigenvalue weighted by atomic mass is 32.2. The molecular formula is C36H43F2N9O5S. The molecule has 0 aliphatic carbocycles. The number of ether oxygens (including phenoxy) is 1. The zero-order chi connectivity index (χ0) is 37.1. The maximum Gasteiger partial charge on any atom is 0.387 e. The van der Waals surface area contributed by atoms with E-state index in [1.54, 1.807) is 16.8 Å². The molecule has 2 N–H and O–H groups in total. The van der Waals surface area contributed by atoms with Gasteiger partial charge >= 0.3 is 12.6 Å². The number of amides is 3. The number of hydrogen-bond donors (Lipinski definition) is 2. The van der Waals surface area contributed by atoms with Crippen LogP contribution in [0.5, 0.6) is 5.75 Å². The standard InChI is InChI=1S/C36H43F2N9O5S/c1-44-31-21-26(7-8-30(31)33(43-44)47-19-13-32(48)42-36(47)49)25-9-15-45(16-10-25)14-3-5-24-4-2-6-29(20-24)53(50,51)46-17-11-27(12-18-46)41-35-39-22-28(23-40-35)52-34(37)38/h2,4,6-8,20-23,25,27,34H,3,5,9-19H2,1H3,(H,39,40,41)(H,42,48,49). The number of halogens is 2. The molecule has 0 unspecified atom stereocenters. The Bertz CT molecular complexity index is 2050. The van der Waals surface area contributed by atoms with Crippen molar-refractivity contribution in [3.05, 3.63) is 66.0 Å². The lowest BCUT2D eigenvalue weighted by Crippen LogP contribution is -2.49. The average Bonchev–Trinajstić information content (AvgIpc) is 3.48. The molecule has 0 atom stereocenters. The number of sulfonamides is 1. The zero-order valence-electron chi connectivity index (χ0n) is 29.5. The van der Waals surface area contributed by atoms with Crippen LogP contribution in [-0.4, -0.2) is 101 Å². The molecule has 3 aliphatic rings. The lowest BCUT2D eigenvalue weighted by atomic mass is 9.89. The number of rotatable bonds is 12. The fourth-order valence-electron chi connectivity index (χ4n) is 7.46. The van der Waals surface area contributed by atoms with E-state index in [-0.39, 0.29) is 30.1 Å². The molecule has 0 saturated carbocycles. The molecule has 0 bridgehead atoms. The van der Waals surface area contributed by atoms with Crippen molar-refractivity contribution < 1.29 is 31.5 Å². The predicted octanol–water partition coefficient (Wildman–Crippen LogP) is 4.49. The second kappa shape index (κ2) is 15.7. The van der Waals surface area contributed by atoms with Crippen molar-refractivity contribution in [1.82, 2.24) is 34.3 Å². The zero-order valence-corrected chi connectivity index (χ0v) is 30.3. The average molecular weight is 752 g/mol. The molecule has 14 nitrogen and oxygen atoms in total. The first-order valence-corrected chi connectivity index (χ1v) is 19.4. The predicted molar refractivity (Wildman–Crippen MR) is 193 cm³/mol. The number of piperidine rings is 2. The molecule has 0 spiro atoms. The SMILES string of the molecule is Cn1nc(N2CCC(=O)NC2=O)c2ccc(C3CCN(CCCc4cccc(S(=O)(=O)N5CCC(Nc6ncc(OC(F)F)cn6)CC5)c4)CC3)cc21. The normalized spacial score (nSPS) is 18.5. The fraction of sp³-hybridized carbons (Fsp3) is 0.472. The fourth-order valence-corrected chi connectivity index (χ4v) is 9.00. The van der Waals surface area contributed by atoms with Crippen LogP contribution < -0.4 is 20.3 Å². The maximum absolute atomic E-state index is 13.6. The smallest absolute Gasteiger partial charge is 0.387 e. The summed E-state index contributed by atoms with van der Waals surface area (Å²) in [5, 5.41) is 11.0. The lowest BCUT2D eigenvalue weighted by molar-refractivity contribution is -0.120. The summed E-state index contributed by atoms with van der Waals surface area (Å²) in [6.45, 7) is 0.918. The van der Waals surface area contributed by atoms with E-state index in [0.717, 1.165) is 61.8 Å². The number of aromatic nitrogens is 4.